The van der Waals surface area contributed by atoms with Crippen molar-refractivity contribution >= 4 is 11.6 Å². The van der Waals surface area contributed by atoms with E-state index in [0.29, 0.717) is 30.0 Å². The number of nitrogens with one attached hydrogen (secondary N) is 1. The van der Waals surface area contributed by atoms with Crippen molar-refractivity contribution < 1.29 is 9.53 Å². The molecule has 0 heterocycles. The lowest BCUT2D eigenvalue weighted by Crippen LogP contribution is -2.24. The van der Waals surface area contributed by atoms with Crippen LogP contribution in [0.5, 0.6) is 5.75 Å². The summed E-state index contributed by atoms with van der Waals surface area (Å²) in [6.07, 6.45) is 0.641. The Labute approximate surface area is 101 Å². The highest BCUT2D eigenvalue weighted by Crippen LogP contribution is 2.18. The number of ether oxygens (including phenoxy) is 1. The van der Waals surface area contributed by atoms with Gasteiger partial charge in [-0.1, -0.05) is 0 Å². The molecule has 0 saturated heterocycles. The van der Waals surface area contributed by atoms with Gasteiger partial charge in [-0.05, 0) is 19.1 Å². The summed E-state index contributed by atoms with van der Waals surface area (Å²) in [6.45, 7) is 2.29. The lowest BCUT2D eigenvalue weighted by molar-refractivity contribution is 0.0954. The van der Waals surface area contributed by atoms with E-state index in [0.717, 1.165) is 0 Å². The smallest absolute Gasteiger partial charge is 0.251 e. The van der Waals surface area contributed by atoms with Gasteiger partial charge >= 0.3 is 0 Å². The monoisotopic (exact) mass is 232 g/mol. The van der Waals surface area contributed by atoms with Gasteiger partial charge in [0, 0.05) is 30.3 Å². The largest absolute Gasteiger partial charge is 0.497 e. The fraction of sp³-hybridized carbons (Fsp3) is 0.308. The van der Waals surface area contributed by atoms with Crippen LogP contribution in [-0.2, 0) is 0 Å². The van der Waals surface area contributed by atoms with E-state index < -0.39 is 0 Å². The Hall–Kier alpha value is -2.15. The van der Waals surface area contributed by atoms with Crippen LogP contribution in [0.1, 0.15) is 23.7 Å². The zero-order valence-electron chi connectivity index (χ0n) is 10.0. The third kappa shape index (κ3) is 4.07. The lowest BCUT2D eigenvalue weighted by Gasteiger charge is -2.06. The molecule has 0 radical (unpaired) electrons. The van der Waals surface area contributed by atoms with E-state index in [-0.39, 0.29) is 5.91 Å². The van der Waals surface area contributed by atoms with Crippen molar-refractivity contribution in [1.82, 2.24) is 5.32 Å². The molecule has 1 aromatic carbocycles. The van der Waals surface area contributed by atoms with E-state index in [1.807, 2.05) is 0 Å². The van der Waals surface area contributed by atoms with Crippen molar-refractivity contribution in [2.75, 3.05) is 19.4 Å². The lowest BCUT2D eigenvalue weighted by atomic mass is 10.1. The van der Waals surface area contributed by atoms with Crippen LogP contribution in [-0.4, -0.2) is 19.6 Å². The van der Waals surface area contributed by atoms with Crippen LogP contribution in [0, 0.1) is 11.8 Å². The molecule has 0 bridgehead atoms. The molecule has 4 heteroatoms. The third-order valence-corrected chi connectivity index (χ3v) is 2.14. The number of nitrogens with two attached hydrogens (primary N) is 1. The fourth-order valence-corrected chi connectivity index (χ4v) is 1.34. The summed E-state index contributed by atoms with van der Waals surface area (Å²) in [4.78, 5) is 11.8. The highest BCUT2D eigenvalue weighted by molar-refractivity contribution is 5.95. The number of nitrogen functional groups attached to an aromatic ring is 1. The maximum atomic E-state index is 11.8. The number of anilines is 1. The number of benzene rings is 1. The first-order valence-electron chi connectivity index (χ1n) is 5.29. The molecule has 0 saturated carbocycles. The minimum absolute atomic E-state index is 0.173. The second-order valence-corrected chi connectivity index (χ2v) is 3.43. The van der Waals surface area contributed by atoms with Gasteiger partial charge in [0.1, 0.15) is 5.75 Å². The first-order chi connectivity index (χ1) is 8.17. The number of amides is 1. The van der Waals surface area contributed by atoms with Gasteiger partial charge in [-0.25, -0.2) is 0 Å². The summed E-state index contributed by atoms with van der Waals surface area (Å²) in [5.41, 5.74) is 6.66. The minimum atomic E-state index is -0.173. The van der Waals surface area contributed by atoms with Gasteiger partial charge < -0.3 is 15.8 Å². The SMILES string of the molecule is CC#CCCNC(=O)c1cc(N)cc(OC)c1. The summed E-state index contributed by atoms with van der Waals surface area (Å²) in [5, 5.41) is 2.76. The first kappa shape index (κ1) is 12.9. The van der Waals surface area contributed by atoms with Gasteiger partial charge in [-0.2, -0.15) is 0 Å². The van der Waals surface area contributed by atoms with Gasteiger partial charge in [0.2, 0.25) is 0 Å². The predicted molar refractivity (Wildman–Crippen MR) is 67.8 cm³/mol. The molecule has 4 nitrogen and oxygen atoms in total. The predicted octanol–water partition coefficient (Wildman–Crippen LogP) is 1.42. The van der Waals surface area contributed by atoms with Crippen molar-refractivity contribution in [2.24, 2.45) is 0 Å². The summed E-state index contributed by atoms with van der Waals surface area (Å²) < 4.78 is 5.05. The molecule has 1 aromatic rings. The summed E-state index contributed by atoms with van der Waals surface area (Å²) in [5.74, 6) is 6.04. The number of carbonyl (C=O) groups is 1. The van der Waals surface area contributed by atoms with E-state index in [4.69, 9.17) is 10.5 Å². The van der Waals surface area contributed by atoms with Crippen molar-refractivity contribution in [3.05, 3.63) is 23.8 Å². The molecular weight excluding hydrogens is 216 g/mol. The van der Waals surface area contributed by atoms with E-state index >= 15 is 0 Å². The molecule has 0 atom stereocenters. The van der Waals surface area contributed by atoms with Crippen molar-refractivity contribution in [3.63, 3.8) is 0 Å². The Bertz CT molecular complexity index is 458. The van der Waals surface area contributed by atoms with Gasteiger partial charge in [0.15, 0.2) is 0 Å². The molecule has 0 aromatic heterocycles. The quantitative estimate of drug-likeness (QED) is 0.469. The van der Waals surface area contributed by atoms with Crippen LogP contribution < -0.4 is 15.8 Å². The molecule has 0 spiro atoms. The van der Waals surface area contributed by atoms with Crippen LogP contribution in [0.4, 0.5) is 5.69 Å². The molecule has 90 valence electrons. The normalized spacial score (nSPS) is 9.06. The van der Waals surface area contributed by atoms with Crippen molar-refractivity contribution in [2.45, 2.75) is 13.3 Å². The Kier molecular flexibility index (Phi) is 4.89. The summed E-state index contributed by atoms with van der Waals surface area (Å²) in [6, 6.07) is 4.93. The third-order valence-electron chi connectivity index (χ3n) is 2.14. The van der Waals surface area contributed by atoms with E-state index in [2.05, 4.69) is 17.2 Å². The van der Waals surface area contributed by atoms with Gasteiger partial charge in [-0.3, -0.25) is 4.79 Å². The van der Waals surface area contributed by atoms with Crippen molar-refractivity contribution in [3.8, 4) is 17.6 Å². The van der Waals surface area contributed by atoms with Crippen molar-refractivity contribution in [1.29, 1.82) is 0 Å². The van der Waals surface area contributed by atoms with Crippen LogP contribution in [0.15, 0.2) is 18.2 Å². The zero-order valence-corrected chi connectivity index (χ0v) is 10.0. The van der Waals surface area contributed by atoms with E-state index in [1.54, 1.807) is 25.1 Å². The minimum Gasteiger partial charge on any atom is -0.497 e. The van der Waals surface area contributed by atoms with E-state index in [1.165, 1.54) is 7.11 Å². The topological polar surface area (TPSA) is 64.4 Å². The Morgan fingerprint density at radius 1 is 1.47 bits per heavy atom. The number of hydrogen-bond donors (Lipinski definition) is 2. The van der Waals surface area contributed by atoms with Gasteiger partial charge in [-0.15, -0.1) is 11.8 Å². The maximum absolute atomic E-state index is 11.8. The van der Waals surface area contributed by atoms with Crippen LogP contribution in [0.25, 0.3) is 0 Å². The molecule has 0 aliphatic carbocycles. The molecule has 0 aliphatic rings. The maximum Gasteiger partial charge on any atom is 0.251 e. The van der Waals surface area contributed by atoms with Gasteiger partial charge in [0.05, 0.1) is 7.11 Å². The number of carbonyl (C=O) groups excluding carboxylic acids is 1. The standard InChI is InChI=1S/C13H16N2O2/c1-3-4-5-6-15-13(16)10-7-11(14)9-12(8-10)17-2/h7-9H,5-6,14H2,1-2H3,(H,15,16). The summed E-state index contributed by atoms with van der Waals surface area (Å²) >= 11 is 0. The van der Waals surface area contributed by atoms with Crippen LogP contribution in [0.3, 0.4) is 0 Å². The Morgan fingerprint density at radius 3 is 2.88 bits per heavy atom. The average Bonchev–Trinajstić information content (AvgIpc) is 2.33. The Balaban J connectivity index is 2.67. The van der Waals surface area contributed by atoms with Crippen LogP contribution >= 0.6 is 0 Å². The second-order valence-electron chi connectivity index (χ2n) is 3.43. The molecule has 3 N–H and O–H groups in total. The van der Waals surface area contributed by atoms with Crippen LogP contribution in [0.2, 0.25) is 0 Å². The second kappa shape index (κ2) is 6.44. The summed E-state index contributed by atoms with van der Waals surface area (Å²) in [7, 11) is 1.54. The molecule has 0 aliphatic heterocycles. The van der Waals surface area contributed by atoms with Gasteiger partial charge in [0.25, 0.3) is 5.91 Å². The van der Waals surface area contributed by atoms with E-state index in [9.17, 15) is 4.79 Å². The molecule has 0 fully saturated rings. The highest BCUT2D eigenvalue weighted by atomic mass is 16.5. The molecular formula is C13H16N2O2. The molecule has 17 heavy (non-hydrogen) atoms. The number of rotatable bonds is 4. The Morgan fingerprint density at radius 2 is 2.24 bits per heavy atom. The fourth-order valence-electron chi connectivity index (χ4n) is 1.34. The molecule has 1 amide bonds. The zero-order chi connectivity index (χ0) is 12.7. The molecule has 1 rings (SSSR count). The highest BCUT2D eigenvalue weighted by Gasteiger charge is 2.07. The molecule has 0 unspecified atom stereocenters. The average molecular weight is 232 g/mol. The number of hydrogen-bond acceptors (Lipinski definition) is 3. The number of methoxy groups -OCH3 is 1. The first-order valence-corrected chi connectivity index (χ1v) is 5.29.